The SMILES string of the molecule is Cc1ccccc1C(C#N)C(=O)c1cc(Cl)ccc1I. The molecule has 0 heterocycles. The van der Waals surface area contributed by atoms with Crippen molar-refractivity contribution in [1.29, 1.82) is 5.26 Å². The molecule has 100 valence electrons. The van der Waals surface area contributed by atoms with Gasteiger partial charge in [0.15, 0.2) is 5.78 Å². The number of carbonyl (C=O) groups excluding carboxylic acids is 1. The molecular formula is C16H11ClINO. The summed E-state index contributed by atoms with van der Waals surface area (Å²) in [5, 5.41) is 9.89. The van der Waals surface area contributed by atoms with E-state index in [2.05, 4.69) is 28.7 Å². The van der Waals surface area contributed by atoms with Crippen molar-refractivity contribution in [2.24, 2.45) is 0 Å². The van der Waals surface area contributed by atoms with Crippen LogP contribution in [0.2, 0.25) is 5.02 Å². The Bertz CT molecular complexity index is 706. The van der Waals surface area contributed by atoms with Gasteiger partial charge in [-0.3, -0.25) is 4.79 Å². The predicted molar refractivity (Wildman–Crippen MR) is 88.0 cm³/mol. The fourth-order valence-electron chi connectivity index (χ4n) is 2.02. The molecule has 1 unspecified atom stereocenters. The highest BCUT2D eigenvalue weighted by Gasteiger charge is 2.24. The second-order valence-electron chi connectivity index (χ2n) is 4.41. The Labute approximate surface area is 136 Å². The van der Waals surface area contributed by atoms with E-state index in [1.54, 1.807) is 18.2 Å². The highest BCUT2D eigenvalue weighted by Crippen LogP contribution is 2.27. The molecule has 0 bridgehead atoms. The first-order chi connectivity index (χ1) is 9.54. The van der Waals surface area contributed by atoms with E-state index in [4.69, 9.17) is 11.6 Å². The van der Waals surface area contributed by atoms with Crippen LogP contribution >= 0.6 is 34.2 Å². The zero-order valence-corrected chi connectivity index (χ0v) is 13.6. The van der Waals surface area contributed by atoms with Crippen LogP contribution in [0, 0.1) is 21.8 Å². The molecule has 2 nitrogen and oxygen atoms in total. The highest BCUT2D eigenvalue weighted by molar-refractivity contribution is 14.1. The smallest absolute Gasteiger partial charge is 0.185 e. The summed E-state index contributed by atoms with van der Waals surface area (Å²) in [6.07, 6.45) is 0. The van der Waals surface area contributed by atoms with E-state index in [9.17, 15) is 10.1 Å². The molecule has 0 aromatic heterocycles. The molecule has 0 radical (unpaired) electrons. The molecule has 4 heteroatoms. The van der Waals surface area contributed by atoms with Crippen molar-refractivity contribution in [3.63, 3.8) is 0 Å². The van der Waals surface area contributed by atoms with Crippen molar-refractivity contribution in [3.05, 3.63) is 67.7 Å². The number of carbonyl (C=O) groups is 1. The maximum Gasteiger partial charge on any atom is 0.185 e. The van der Waals surface area contributed by atoms with Crippen LogP contribution in [0.25, 0.3) is 0 Å². The quantitative estimate of drug-likeness (QED) is 0.556. The average molecular weight is 396 g/mol. The lowest BCUT2D eigenvalue weighted by atomic mass is 9.89. The number of Topliss-reactive ketones (excluding diaryl/α,β-unsaturated/α-hetero) is 1. The van der Waals surface area contributed by atoms with Crippen LogP contribution in [0.1, 0.15) is 27.4 Å². The van der Waals surface area contributed by atoms with Crippen LogP contribution in [0.5, 0.6) is 0 Å². The van der Waals surface area contributed by atoms with E-state index < -0.39 is 5.92 Å². The summed E-state index contributed by atoms with van der Waals surface area (Å²) in [5.74, 6) is -1.02. The molecule has 0 fully saturated rings. The molecule has 0 spiro atoms. The number of nitriles is 1. The normalized spacial score (nSPS) is 11.7. The minimum Gasteiger partial charge on any atom is -0.292 e. The maximum atomic E-state index is 12.6. The summed E-state index contributed by atoms with van der Waals surface area (Å²) in [5.41, 5.74) is 2.17. The Morgan fingerprint density at radius 1 is 1.30 bits per heavy atom. The van der Waals surface area contributed by atoms with Gasteiger partial charge in [-0.15, -0.1) is 0 Å². The summed E-state index contributed by atoms with van der Waals surface area (Å²) >= 11 is 8.03. The van der Waals surface area contributed by atoms with Crippen LogP contribution in [-0.2, 0) is 0 Å². The van der Waals surface area contributed by atoms with Gasteiger partial charge in [0, 0.05) is 14.2 Å². The topological polar surface area (TPSA) is 40.9 Å². The van der Waals surface area contributed by atoms with Crippen molar-refractivity contribution in [1.82, 2.24) is 0 Å². The molecule has 0 amide bonds. The van der Waals surface area contributed by atoms with Crippen molar-refractivity contribution in [3.8, 4) is 6.07 Å². The second kappa shape index (κ2) is 6.38. The van der Waals surface area contributed by atoms with Crippen LogP contribution in [0.15, 0.2) is 42.5 Å². The zero-order chi connectivity index (χ0) is 14.7. The molecule has 0 aliphatic heterocycles. The predicted octanol–water partition coefficient (Wildman–Crippen LogP) is 4.74. The number of hydrogen-bond donors (Lipinski definition) is 0. The first kappa shape index (κ1) is 15.0. The van der Waals surface area contributed by atoms with Gasteiger partial charge < -0.3 is 0 Å². The van der Waals surface area contributed by atoms with E-state index in [0.29, 0.717) is 10.6 Å². The van der Waals surface area contributed by atoms with Gasteiger partial charge in [-0.1, -0.05) is 35.9 Å². The van der Waals surface area contributed by atoms with Crippen LogP contribution in [-0.4, -0.2) is 5.78 Å². The van der Waals surface area contributed by atoms with Crippen molar-refractivity contribution in [2.45, 2.75) is 12.8 Å². The highest BCUT2D eigenvalue weighted by atomic mass is 127. The van der Waals surface area contributed by atoms with Crippen LogP contribution in [0.4, 0.5) is 0 Å². The van der Waals surface area contributed by atoms with Gasteiger partial charge in [0.25, 0.3) is 0 Å². The van der Waals surface area contributed by atoms with E-state index in [-0.39, 0.29) is 5.78 Å². The third kappa shape index (κ3) is 3.02. The lowest BCUT2D eigenvalue weighted by Crippen LogP contribution is -2.13. The molecule has 0 aliphatic rings. The Morgan fingerprint density at radius 2 is 2.00 bits per heavy atom. The van der Waals surface area contributed by atoms with E-state index in [1.165, 1.54) is 0 Å². The first-order valence-corrected chi connectivity index (χ1v) is 7.44. The number of hydrogen-bond acceptors (Lipinski definition) is 2. The summed E-state index contributed by atoms with van der Waals surface area (Å²) in [7, 11) is 0. The van der Waals surface area contributed by atoms with Gasteiger partial charge >= 0.3 is 0 Å². The lowest BCUT2D eigenvalue weighted by Gasteiger charge is -2.12. The van der Waals surface area contributed by atoms with Gasteiger partial charge in [0.05, 0.1) is 6.07 Å². The van der Waals surface area contributed by atoms with Crippen molar-refractivity contribution >= 4 is 40.0 Å². The first-order valence-electron chi connectivity index (χ1n) is 5.99. The van der Waals surface area contributed by atoms with Crippen molar-refractivity contribution in [2.75, 3.05) is 0 Å². The number of nitrogens with zero attached hydrogens (tertiary/aromatic N) is 1. The second-order valence-corrected chi connectivity index (χ2v) is 6.01. The van der Waals surface area contributed by atoms with E-state index in [1.807, 2.05) is 31.2 Å². The molecule has 20 heavy (non-hydrogen) atoms. The average Bonchev–Trinajstić information content (AvgIpc) is 2.44. The van der Waals surface area contributed by atoms with Gasteiger partial charge in [-0.05, 0) is 58.8 Å². The Balaban J connectivity index is 2.48. The van der Waals surface area contributed by atoms with E-state index >= 15 is 0 Å². The molecule has 0 saturated heterocycles. The van der Waals surface area contributed by atoms with Gasteiger partial charge in [0.1, 0.15) is 5.92 Å². The fraction of sp³-hybridized carbons (Fsp3) is 0.125. The summed E-state index contributed by atoms with van der Waals surface area (Å²) in [6.45, 7) is 1.90. The largest absolute Gasteiger partial charge is 0.292 e. The van der Waals surface area contributed by atoms with Gasteiger partial charge in [-0.25, -0.2) is 0 Å². The van der Waals surface area contributed by atoms with Gasteiger partial charge in [-0.2, -0.15) is 5.26 Å². The number of benzene rings is 2. The molecular weight excluding hydrogens is 385 g/mol. The lowest BCUT2D eigenvalue weighted by molar-refractivity contribution is 0.0978. The number of rotatable bonds is 3. The zero-order valence-electron chi connectivity index (χ0n) is 10.7. The van der Waals surface area contributed by atoms with Crippen LogP contribution in [0.3, 0.4) is 0 Å². The number of ketones is 1. The summed E-state index contributed by atoms with van der Waals surface area (Å²) < 4.78 is 0.797. The molecule has 0 aliphatic carbocycles. The van der Waals surface area contributed by atoms with Gasteiger partial charge in [0.2, 0.25) is 0 Å². The molecule has 2 aromatic carbocycles. The van der Waals surface area contributed by atoms with Crippen molar-refractivity contribution < 1.29 is 4.79 Å². The van der Waals surface area contributed by atoms with E-state index in [0.717, 1.165) is 14.7 Å². The minimum atomic E-state index is -0.803. The maximum absolute atomic E-state index is 12.6. The molecule has 2 rings (SSSR count). The number of halogens is 2. The molecule has 1 atom stereocenters. The molecule has 2 aromatic rings. The third-order valence-electron chi connectivity index (χ3n) is 3.08. The summed E-state index contributed by atoms with van der Waals surface area (Å²) in [4.78, 5) is 12.6. The van der Waals surface area contributed by atoms with Crippen LogP contribution < -0.4 is 0 Å². The Morgan fingerprint density at radius 3 is 2.65 bits per heavy atom. The number of aryl methyl sites for hydroxylation is 1. The Kier molecular flexibility index (Phi) is 4.79. The molecule has 0 saturated carbocycles. The standard InChI is InChI=1S/C16H11ClINO/c1-10-4-2-3-5-12(10)14(9-19)16(20)13-8-11(17)6-7-15(13)18/h2-8,14H,1H3. The minimum absolute atomic E-state index is 0.214. The Hall–Kier alpha value is -1.38. The monoisotopic (exact) mass is 395 g/mol. The fourth-order valence-corrected chi connectivity index (χ4v) is 2.80. The summed E-state index contributed by atoms with van der Waals surface area (Å²) in [6, 6.07) is 14.7. The molecule has 0 N–H and O–H groups in total. The third-order valence-corrected chi connectivity index (χ3v) is 4.26.